The first kappa shape index (κ1) is 15.1. The van der Waals surface area contributed by atoms with Gasteiger partial charge in [0, 0.05) is 36.6 Å². The summed E-state index contributed by atoms with van der Waals surface area (Å²) in [6.07, 6.45) is 5.71. The lowest BCUT2D eigenvalue weighted by Crippen LogP contribution is -2.29. The van der Waals surface area contributed by atoms with Crippen LogP contribution in [0.4, 0.5) is 4.39 Å². The van der Waals surface area contributed by atoms with Crippen molar-refractivity contribution in [2.75, 3.05) is 13.1 Å². The van der Waals surface area contributed by atoms with Crippen LogP contribution >= 0.6 is 0 Å². The number of aliphatic hydroxyl groups is 1. The lowest BCUT2D eigenvalue weighted by molar-refractivity contribution is 0.0206. The third kappa shape index (κ3) is 3.34. The highest BCUT2D eigenvalue weighted by molar-refractivity contribution is 5.19. The molecule has 0 spiro atoms. The predicted octanol–water partition coefficient (Wildman–Crippen LogP) is 3.09. The molecule has 1 saturated heterocycles. The second kappa shape index (κ2) is 6.55. The number of halogens is 1. The van der Waals surface area contributed by atoms with Gasteiger partial charge in [-0.05, 0) is 37.9 Å². The van der Waals surface area contributed by atoms with Crippen LogP contribution in [0.1, 0.15) is 30.4 Å². The standard InChI is InChI=1S/C18H21FN2O/c19-17-7-2-1-5-15(17)14-21-11-4-8-18(22,9-12-21)16-6-3-10-20-13-16/h1-3,5-7,10,13,22H,4,8-9,11-12,14H2. The van der Waals surface area contributed by atoms with Gasteiger partial charge in [-0.1, -0.05) is 24.3 Å². The van der Waals surface area contributed by atoms with Crippen molar-refractivity contribution in [2.45, 2.75) is 31.4 Å². The first-order valence-corrected chi connectivity index (χ1v) is 7.76. The molecule has 0 bridgehead atoms. The Kier molecular flexibility index (Phi) is 4.50. The maximum atomic E-state index is 13.8. The van der Waals surface area contributed by atoms with Crippen LogP contribution in [0.25, 0.3) is 0 Å². The average molecular weight is 300 g/mol. The van der Waals surface area contributed by atoms with Gasteiger partial charge in [0.2, 0.25) is 0 Å². The highest BCUT2D eigenvalue weighted by atomic mass is 19.1. The highest BCUT2D eigenvalue weighted by Crippen LogP contribution is 2.32. The van der Waals surface area contributed by atoms with Crippen LogP contribution in [0, 0.1) is 5.82 Å². The van der Waals surface area contributed by atoms with E-state index in [1.54, 1.807) is 18.5 Å². The van der Waals surface area contributed by atoms with Crippen LogP contribution in [-0.4, -0.2) is 28.1 Å². The summed E-state index contributed by atoms with van der Waals surface area (Å²) >= 11 is 0. The molecule has 4 heteroatoms. The van der Waals surface area contributed by atoms with Crippen LogP contribution in [-0.2, 0) is 12.1 Å². The molecule has 1 aromatic heterocycles. The molecule has 1 unspecified atom stereocenters. The Morgan fingerprint density at radius 1 is 1.14 bits per heavy atom. The lowest BCUT2D eigenvalue weighted by Gasteiger charge is -2.27. The summed E-state index contributed by atoms with van der Waals surface area (Å²) in [5.74, 6) is -0.158. The number of rotatable bonds is 3. The largest absolute Gasteiger partial charge is 0.385 e. The molecule has 2 heterocycles. The van der Waals surface area contributed by atoms with E-state index in [0.29, 0.717) is 24.9 Å². The molecule has 1 aromatic carbocycles. The Bertz CT molecular complexity index is 619. The fourth-order valence-corrected chi connectivity index (χ4v) is 3.13. The lowest BCUT2D eigenvalue weighted by atomic mass is 9.88. The Morgan fingerprint density at radius 3 is 2.77 bits per heavy atom. The summed E-state index contributed by atoms with van der Waals surface area (Å²) < 4.78 is 13.8. The molecule has 0 radical (unpaired) electrons. The smallest absolute Gasteiger partial charge is 0.127 e. The zero-order chi connectivity index (χ0) is 15.4. The summed E-state index contributed by atoms with van der Waals surface area (Å²) in [5, 5.41) is 10.9. The predicted molar refractivity (Wildman–Crippen MR) is 83.7 cm³/mol. The quantitative estimate of drug-likeness (QED) is 0.946. The second-order valence-electron chi connectivity index (χ2n) is 5.99. The summed E-state index contributed by atoms with van der Waals surface area (Å²) in [6.45, 7) is 2.21. The number of benzene rings is 1. The number of nitrogens with zero attached hydrogens (tertiary/aromatic N) is 2. The van der Waals surface area contributed by atoms with E-state index in [4.69, 9.17) is 0 Å². The van der Waals surface area contributed by atoms with Crippen LogP contribution in [0.3, 0.4) is 0 Å². The number of hydrogen-bond donors (Lipinski definition) is 1. The van der Waals surface area contributed by atoms with Crippen LogP contribution in [0.15, 0.2) is 48.8 Å². The minimum Gasteiger partial charge on any atom is -0.385 e. The van der Waals surface area contributed by atoms with Gasteiger partial charge < -0.3 is 5.11 Å². The molecule has 3 nitrogen and oxygen atoms in total. The molecule has 0 amide bonds. The molecule has 3 rings (SSSR count). The van der Waals surface area contributed by atoms with Crippen molar-refractivity contribution in [2.24, 2.45) is 0 Å². The topological polar surface area (TPSA) is 36.4 Å². The first-order chi connectivity index (χ1) is 10.7. The Balaban J connectivity index is 1.69. The summed E-state index contributed by atoms with van der Waals surface area (Å²) in [7, 11) is 0. The third-order valence-corrected chi connectivity index (χ3v) is 4.46. The molecule has 1 fully saturated rings. The summed E-state index contributed by atoms with van der Waals surface area (Å²) in [6, 6.07) is 10.7. The van der Waals surface area contributed by atoms with E-state index < -0.39 is 5.60 Å². The van der Waals surface area contributed by atoms with Crippen molar-refractivity contribution < 1.29 is 9.50 Å². The fourth-order valence-electron chi connectivity index (χ4n) is 3.13. The minimum absolute atomic E-state index is 0.158. The molecule has 1 aliphatic heterocycles. The van der Waals surface area contributed by atoms with E-state index in [1.807, 2.05) is 24.3 Å². The molecule has 1 aliphatic rings. The van der Waals surface area contributed by atoms with E-state index in [-0.39, 0.29) is 5.82 Å². The van der Waals surface area contributed by atoms with E-state index in [9.17, 15) is 9.50 Å². The van der Waals surface area contributed by atoms with Crippen molar-refractivity contribution in [3.8, 4) is 0 Å². The highest BCUT2D eigenvalue weighted by Gasteiger charge is 2.32. The van der Waals surface area contributed by atoms with Crippen LogP contribution < -0.4 is 0 Å². The summed E-state index contributed by atoms with van der Waals surface area (Å²) in [4.78, 5) is 6.33. The van der Waals surface area contributed by atoms with Gasteiger partial charge in [-0.3, -0.25) is 9.88 Å². The van der Waals surface area contributed by atoms with E-state index in [2.05, 4.69) is 9.88 Å². The van der Waals surface area contributed by atoms with Crippen LogP contribution in [0.2, 0.25) is 0 Å². The average Bonchev–Trinajstić information content (AvgIpc) is 2.74. The molecule has 22 heavy (non-hydrogen) atoms. The normalized spacial score (nSPS) is 23.2. The number of hydrogen-bond acceptors (Lipinski definition) is 3. The van der Waals surface area contributed by atoms with Crippen molar-refractivity contribution in [3.05, 3.63) is 65.7 Å². The third-order valence-electron chi connectivity index (χ3n) is 4.46. The van der Waals surface area contributed by atoms with Crippen molar-refractivity contribution in [3.63, 3.8) is 0 Å². The van der Waals surface area contributed by atoms with Gasteiger partial charge in [0.15, 0.2) is 0 Å². The van der Waals surface area contributed by atoms with Crippen molar-refractivity contribution >= 4 is 0 Å². The fraction of sp³-hybridized carbons (Fsp3) is 0.389. The Morgan fingerprint density at radius 2 is 2.00 bits per heavy atom. The van der Waals surface area contributed by atoms with Gasteiger partial charge >= 0.3 is 0 Å². The molecule has 116 valence electrons. The van der Waals surface area contributed by atoms with E-state index in [1.165, 1.54) is 6.07 Å². The Labute approximate surface area is 130 Å². The molecular weight excluding hydrogens is 279 g/mol. The molecule has 1 N–H and O–H groups in total. The number of aromatic nitrogens is 1. The molecule has 2 aromatic rings. The Hall–Kier alpha value is -1.78. The first-order valence-electron chi connectivity index (χ1n) is 7.76. The molecule has 1 atom stereocenters. The summed E-state index contributed by atoms with van der Waals surface area (Å²) in [5.41, 5.74) is 0.773. The zero-order valence-corrected chi connectivity index (χ0v) is 12.6. The van der Waals surface area contributed by atoms with E-state index >= 15 is 0 Å². The molecule has 0 saturated carbocycles. The van der Waals surface area contributed by atoms with Gasteiger partial charge in [-0.15, -0.1) is 0 Å². The number of pyridine rings is 1. The van der Waals surface area contributed by atoms with Crippen molar-refractivity contribution in [1.29, 1.82) is 0 Å². The van der Waals surface area contributed by atoms with Gasteiger partial charge in [-0.25, -0.2) is 4.39 Å². The SMILES string of the molecule is OC1(c2cccnc2)CCCN(Cc2ccccc2F)CC1. The van der Waals surface area contributed by atoms with Gasteiger partial charge in [0.1, 0.15) is 5.82 Å². The van der Waals surface area contributed by atoms with Gasteiger partial charge in [0.25, 0.3) is 0 Å². The minimum atomic E-state index is -0.821. The van der Waals surface area contributed by atoms with Gasteiger partial charge in [-0.2, -0.15) is 0 Å². The molecule has 0 aliphatic carbocycles. The maximum absolute atomic E-state index is 13.8. The monoisotopic (exact) mass is 300 g/mol. The maximum Gasteiger partial charge on any atom is 0.127 e. The van der Waals surface area contributed by atoms with Gasteiger partial charge in [0.05, 0.1) is 5.60 Å². The second-order valence-corrected chi connectivity index (χ2v) is 5.99. The zero-order valence-electron chi connectivity index (χ0n) is 12.6. The van der Waals surface area contributed by atoms with Crippen LogP contribution in [0.5, 0.6) is 0 Å². The number of likely N-dealkylation sites (tertiary alicyclic amines) is 1. The molecular formula is C18H21FN2O. The van der Waals surface area contributed by atoms with E-state index in [0.717, 1.165) is 25.1 Å². The van der Waals surface area contributed by atoms with Crippen molar-refractivity contribution in [1.82, 2.24) is 9.88 Å².